The van der Waals surface area contributed by atoms with Gasteiger partial charge in [-0.25, -0.2) is 8.42 Å². The molecular formula is C11H21BrN4O2S. The Morgan fingerprint density at radius 3 is 2.37 bits per heavy atom. The summed E-state index contributed by atoms with van der Waals surface area (Å²) in [5, 5.41) is 4.29. The summed E-state index contributed by atoms with van der Waals surface area (Å²) >= 11 is 3.47. The average Bonchev–Trinajstić information content (AvgIpc) is 2.49. The van der Waals surface area contributed by atoms with Crippen LogP contribution in [0.5, 0.6) is 0 Å². The van der Waals surface area contributed by atoms with Gasteiger partial charge in [-0.1, -0.05) is 0 Å². The SMILES string of the molecule is Cc1nn(C)c(CC(NN)C(C)(C)S(C)(=O)=O)c1Br. The molecule has 0 saturated heterocycles. The Morgan fingerprint density at radius 2 is 2.05 bits per heavy atom. The van der Waals surface area contributed by atoms with Crippen molar-refractivity contribution in [3.63, 3.8) is 0 Å². The topological polar surface area (TPSA) is 90.0 Å². The summed E-state index contributed by atoms with van der Waals surface area (Å²) in [5.41, 5.74) is 4.40. The highest BCUT2D eigenvalue weighted by Gasteiger charge is 2.39. The highest BCUT2D eigenvalue weighted by molar-refractivity contribution is 9.10. The molecule has 1 aromatic rings. The van der Waals surface area contributed by atoms with Crippen LogP contribution in [0.1, 0.15) is 25.2 Å². The fourth-order valence-corrected chi connectivity index (χ4v) is 3.03. The van der Waals surface area contributed by atoms with E-state index in [1.54, 1.807) is 18.5 Å². The maximum absolute atomic E-state index is 11.9. The average molecular weight is 353 g/mol. The molecule has 0 amide bonds. The first-order valence-corrected chi connectivity index (χ1v) is 8.54. The summed E-state index contributed by atoms with van der Waals surface area (Å²) < 4.78 is 25.4. The molecule has 1 aromatic heterocycles. The van der Waals surface area contributed by atoms with Gasteiger partial charge in [-0.3, -0.25) is 16.0 Å². The lowest BCUT2D eigenvalue weighted by atomic mass is 9.98. The van der Waals surface area contributed by atoms with Crippen molar-refractivity contribution in [3.8, 4) is 0 Å². The van der Waals surface area contributed by atoms with Gasteiger partial charge in [0.1, 0.15) is 0 Å². The summed E-state index contributed by atoms with van der Waals surface area (Å²) in [6.07, 6.45) is 1.69. The molecule has 19 heavy (non-hydrogen) atoms. The summed E-state index contributed by atoms with van der Waals surface area (Å²) in [6.45, 7) is 5.23. The number of aromatic nitrogens is 2. The number of hydrogen-bond acceptors (Lipinski definition) is 5. The van der Waals surface area contributed by atoms with Crippen molar-refractivity contribution in [2.45, 2.75) is 38.0 Å². The molecule has 0 aromatic carbocycles. The van der Waals surface area contributed by atoms with Crippen LogP contribution in [0.15, 0.2) is 4.47 Å². The van der Waals surface area contributed by atoms with E-state index in [9.17, 15) is 8.42 Å². The van der Waals surface area contributed by atoms with Crippen LogP contribution in [0.3, 0.4) is 0 Å². The fourth-order valence-electron chi connectivity index (χ4n) is 1.86. The molecule has 1 heterocycles. The smallest absolute Gasteiger partial charge is 0.154 e. The van der Waals surface area contributed by atoms with Crippen LogP contribution in [-0.4, -0.2) is 35.2 Å². The number of nitrogens with one attached hydrogen (secondary N) is 1. The van der Waals surface area contributed by atoms with E-state index < -0.39 is 20.6 Å². The number of nitrogens with two attached hydrogens (primary N) is 1. The predicted octanol–water partition coefficient (Wildman–Crippen LogP) is 0.689. The Morgan fingerprint density at radius 1 is 1.53 bits per heavy atom. The van der Waals surface area contributed by atoms with Crippen molar-refractivity contribution in [3.05, 3.63) is 15.9 Å². The predicted molar refractivity (Wildman–Crippen MR) is 79.4 cm³/mol. The highest BCUT2D eigenvalue weighted by atomic mass is 79.9. The normalized spacial score (nSPS) is 14.7. The number of hydrogen-bond donors (Lipinski definition) is 2. The maximum atomic E-state index is 11.9. The zero-order chi connectivity index (χ0) is 15.0. The maximum Gasteiger partial charge on any atom is 0.154 e. The first kappa shape index (κ1) is 16.6. The Labute approximate surface area is 122 Å². The number of hydrazine groups is 1. The Kier molecular flexibility index (Phi) is 4.82. The third kappa shape index (κ3) is 3.18. The van der Waals surface area contributed by atoms with E-state index in [1.165, 1.54) is 6.26 Å². The molecule has 0 radical (unpaired) electrons. The van der Waals surface area contributed by atoms with Crippen LogP contribution in [-0.2, 0) is 23.3 Å². The highest BCUT2D eigenvalue weighted by Crippen LogP contribution is 2.27. The van der Waals surface area contributed by atoms with Crippen molar-refractivity contribution >= 4 is 25.8 Å². The zero-order valence-corrected chi connectivity index (χ0v) is 14.3. The number of nitrogens with zero attached hydrogens (tertiary/aromatic N) is 2. The van der Waals surface area contributed by atoms with Crippen molar-refractivity contribution in [2.24, 2.45) is 12.9 Å². The van der Waals surface area contributed by atoms with Crippen molar-refractivity contribution < 1.29 is 8.42 Å². The second kappa shape index (κ2) is 5.51. The quantitative estimate of drug-likeness (QED) is 0.600. The lowest BCUT2D eigenvalue weighted by Crippen LogP contribution is -2.55. The molecule has 1 atom stereocenters. The van der Waals surface area contributed by atoms with Crippen LogP contribution in [0.4, 0.5) is 0 Å². The molecule has 0 spiro atoms. The number of aryl methyl sites for hydroxylation is 2. The zero-order valence-electron chi connectivity index (χ0n) is 11.9. The van der Waals surface area contributed by atoms with E-state index in [4.69, 9.17) is 5.84 Å². The second-order valence-electron chi connectivity index (χ2n) is 5.27. The molecule has 0 aliphatic carbocycles. The van der Waals surface area contributed by atoms with Gasteiger partial charge in [0.25, 0.3) is 0 Å². The van der Waals surface area contributed by atoms with Crippen molar-refractivity contribution in [2.75, 3.05) is 6.26 Å². The first-order valence-electron chi connectivity index (χ1n) is 5.86. The van der Waals surface area contributed by atoms with Gasteiger partial charge in [-0.05, 0) is 36.7 Å². The molecule has 1 rings (SSSR count). The molecule has 3 N–H and O–H groups in total. The molecule has 1 unspecified atom stereocenters. The Bertz CT molecular complexity index is 565. The molecule has 0 fully saturated rings. The van der Waals surface area contributed by atoms with Crippen LogP contribution >= 0.6 is 15.9 Å². The largest absolute Gasteiger partial charge is 0.271 e. The molecule has 8 heteroatoms. The van der Waals surface area contributed by atoms with Crippen LogP contribution in [0.25, 0.3) is 0 Å². The van der Waals surface area contributed by atoms with Gasteiger partial charge in [0, 0.05) is 25.8 Å². The van der Waals surface area contributed by atoms with Gasteiger partial charge in [0.15, 0.2) is 9.84 Å². The minimum Gasteiger partial charge on any atom is -0.271 e. The molecule has 110 valence electrons. The summed E-state index contributed by atoms with van der Waals surface area (Å²) in [7, 11) is -1.41. The van der Waals surface area contributed by atoms with Crippen molar-refractivity contribution in [1.29, 1.82) is 0 Å². The molecule has 0 aliphatic rings. The Balaban J connectivity index is 3.14. The van der Waals surface area contributed by atoms with E-state index in [-0.39, 0.29) is 0 Å². The number of sulfone groups is 1. The summed E-state index contributed by atoms with van der Waals surface area (Å²) in [6, 6.07) is -0.409. The van der Waals surface area contributed by atoms with E-state index in [0.29, 0.717) is 6.42 Å². The minimum absolute atomic E-state index is 0.409. The second-order valence-corrected chi connectivity index (χ2v) is 8.66. The molecular weight excluding hydrogens is 332 g/mol. The van der Waals surface area contributed by atoms with E-state index in [2.05, 4.69) is 26.5 Å². The van der Waals surface area contributed by atoms with Gasteiger partial charge in [0.2, 0.25) is 0 Å². The fraction of sp³-hybridized carbons (Fsp3) is 0.727. The Hall–Kier alpha value is -0.440. The van der Waals surface area contributed by atoms with Gasteiger partial charge in [-0.15, -0.1) is 0 Å². The first-order chi connectivity index (χ1) is 8.52. The summed E-state index contributed by atoms with van der Waals surface area (Å²) in [4.78, 5) is 0. The van der Waals surface area contributed by atoms with Gasteiger partial charge in [0.05, 0.1) is 20.6 Å². The van der Waals surface area contributed by atoms with Crippen molar-refractivity contribution in [1.82, 2.24) is 15.2 Å². The standard InChI is InChI=1S/C11H21BrN4O2S/c1-7-10(12)8(16(4)15-7)6-9(14-13)11(2,3)19(5,17)18/h9,14H,6,13H2,1-5H3. The molecule has 0 saturated carbocycles. The lowest BCUT2D eigenvalue weighted by molar-refractivity contribution is 0.405. The van der Waals surface area contributed by atoms with E-state index in [0.717, 1.165) is 15.9 Å². The molecule has 0 aliphatic heterocycles. The third-order valence-corrected chi connectivity index (χ3v) is 6.88. The molecule has 0 bridgehead atoms. The summed E-state index contributed by atoms with van der Waals surface area (Å²) in [5.74, 6) is 5.55. The van der Waals surface area contributed by atoms with Crippen LogP contribution in [0.2, 0.25) is 0 Å². The van der Waals surface area contributed by atoms with E-state index in [1.807, 2.05) is 14.0 Å². The van der Waals surface area contributed by atoms with Crippen LogP contribution < -0.4 is 11.3 Å². The lowest BCUT2D eigenvalue weighted by Gasteiger charge is -2.32. The van der Waals surface area contributed by atoms with Gasteiger partial charge in [-0.2, -0.15) is 5.10 Å². The molecule has 6 nitrogen and oxygen atoms in total. The van der Waals surface area contributed by atoms with Crippen LogP contribution in [0, 0.1) is 6.92 Å². The van der Waals surface area contributed by atoms with Gasteiger partial charge < -0.3 is 0 Å². The van der Waals surface area contributed by atoms with E-state index >= 15 is 0 Å². The third-order valence-electron chi connectivity index (χ3n) is 3.66. The number of halogens is 1. The van der Waals surface area contributed by atoms with Gasteiger partial charge >= 0.3 is 0 Å². The monoisotopic (exact) mass is 352 g/mol. The minimum atomic E-state index is -3.24. The number of rotatable bonds is 5.